The Hall–Kier alpha value is -1.43. The summed E-state index contributed by atoms with van der Waals surface area (Å²) < 4.78 is 0. The van der Waals surface area contributed by atoms with E-state index in [-0.39, 0.29) is 55.6 Å². The maximum atomic E-state index is 11.7. The molecule has 6 heteroatoms. The number of rotatable bonds is 5. The van der Waals surface area contributed by atoms with Gasteiger partial charge in [-0.1, -0.05) is 12.8 Å². The van der Waals surface area contributed by atoms with Gasteiger partial charge in [-0.25, -0.2) is 0 Å². The fourth-order valence-electron chi connectivity index (χ4n) is 2.85. The lowest BCUT2D eigenvalue weighted by molar-refractivity contribution is -0.138. The SMILES string of the molecule is O=C(CCN1C(=O)CCC1=O)NCC1CCCCC1O. The molecule has 1 saturated carbocycles. The predicted octanol–water partition coefficient (Wildman–Crippen LogP) is 0.193. The number of hydrogen-bond donors (Lipinski definition) is 2. The molecule has 20 heavy (non-hydrogen) atoms. The fourth-order valence-corrected chi connectivity index (χ4v) is 2.85. The van der Waals surface area contributed by atoms with Crippen LogP contribution >= 0.6 is 0 Å². The number of carbonyl (C=O) groups excluding carboxylic acids is 3. The van der Waals surface area contributed by atoms with Gasteiger partial charge < -0.3 is 10.4 Å². The number of aliphatic hydroxyl groups is 1. The molecule has 3 amide bonds. The van der Waals surface area contributed by atoms with Crippen molar-refractivity contribution >= 4 is 17.7 Å². The van der Waals surface area contributed by atoms with Crippen LogP contribution in [0.3, 0.4) is 0 Å². The molecule has 0 aromatic rings. The highest BCUT2D eigenvalue weighted by Crippen LogP contribution is 2.23. The summed E-state index contributed by atoms with van der Waals surface area (Å²) in [5.74, 6) is -0.422. The van der Waals surface area contributed by atoms with Gasteiger partial charge in [-0.15, -0.1) is 0 Å². The summed E-state index contributed by atoms with van der Waals surface area (Å²) in [6, 6.07) is 0. The smallest absolute Gasteiger partial charge is 0.229 e. The third-order valence-electron chi connectivity index (χ3n) is 4.15. The molecule has 1 saturated heterocycles. The molecule has 2 unspecified atom stereocenters. The summed E-state index contributed by atoms with van der Waals surface area (Å²) in [5.41, 5.74) is 0. The van der Waals surface area contributed by atoms with Crippen LogP contribution in [0.15, 0.2) is 0 Å². The molecular weight excluding hydrogens is 260 g/mol. The van der Waals surface area contributed by atoms with Crippen molar-refractivity contribution in [2.75, 3.05) is 13.1 Å². The zero-order chi connectivity index (χ0) is 14.5. The van der Waals surface area contributed by atoms with Gasteiger partial charge in [0.05, 0.1) is 6.10 Å². The Labute approximate surface area is 118 Å². The Morgan fingerprint density at radius 2 is 1.85 bits per heavy atom. The van der Waals surface area contributed by atoms with E-state index in [9.17, 15) is 19.5 Å². The van der Waals surface area contributed by atoms with Crippen molar-refractivity contribution in [2.24, 2.45) is 5.92 Å². The molecule has 1 aliphatic heterocycles. The van der Waals surface area contributed by atoms with Crippen LogP contribution in [0.25, 0.3) is 0 Å². The van der Waals surface area contributed by atoms with E-state index < -0.39 is 0 Å². The lowest BCUT2D eigenvalue weighted by atomic mass is 9.86. The number of likely N-dealkylation sites (tertiary alicyclic amines) is 1. The first-order chi connectivity index (χ1) is 9.58. The maximum Gasteiger partial charge on any atom is 0.229 e. The minimum Gasteiger partial charge on any atom is -0.393 e. The molecule has 0 spiro atoms. The van der Waals surface area contributed by atoms with Crippen LogP contribution in [0, 0.1) is 5.92 Å². The molecule has 2 N–H and O–H groups in total. The average Bonchev–Trinajstić information content (AvgIpc) is 2.75. The van der Waals surface area contributed by atoms with Gasteiger partial charge in [-0.3, -0.25) is 19.3 Å². The summed E-state index contributed by atoms with van der Waals surface area (Å²) in [7, 11) is 0. The number of imide groups is 1. The van der Waals surface area contributed by atoms with Gasteiger partial charge in [0.1, 0.15) is 0 Å². The number of amides is 3. The Morgan fingerprint density at radius 1 is 1.20 bits per heavy atom. The van der Waals surface area contributed by atoms with Crippen molar-refractivity contribution in [3.63, 3.8) is 0 Å². The van der Waals surface area contributed by atoms with Crippen molar-refractivity contribution in [3.8, 4) is 0 Å². The number of nitrogens with one attached hydrogen (secondary N) is 1. The van der Waals surface area contributed by atoms with Gasteiger partial charge in [0, 0.05) is 38.3 Å². The van der Waals surface area contributed by atoms with Crippen molar-refractivity contribution in [1.29, 1.82) is 0 Å². The van der Waals surface area contributed by atoms with Crippen LogP contribution in [0.4, 0.5) is 0 Å². The molecule has 2 rings (SSSR count). The molecule has 0 radical (unpaired) electrons. The Bertz CT molecular complexity index is 381. The molecule has 112 valence electrons. The van der Waals surface area contributed by atoms with E-state index in [0.29, 0.717) is 6.54 Å². The second-order valence-corrected chi connectivity index (χ2v) is 5.61. The van der Waals surface area contributed by atoms with Gasteiger partial charge in [0.25, 0.3) is 0 Å². The molecule has 1 heterocycles. The highest BCUT2D eigenvalue weighted by atomic mass is 16.3. The van der Waals surface area contributed by atoms with E-state index in [1.807, 2.05) is 0 Å². The summed E-state index contributed by atoms with van der Waals surface area (Å²) >= 11 is 0. The monoisotopic (exact) mass is 282 g/mol. The first-order valence-corrected chi connectivity index (χ1v) is 7.36. The molecular formula is C14H22N2O4. The molecule has 2 fully saturated rings. The summed E-state index contributed by atoms with van der Waals surface area (Å²) in [5, 5.41) is 12.6. The van der Waals surface area contributed by atoms with Gasteiger partial charge in [-0.2, -0.15) is 0 Å². The third kappa shape index (κ3) is 3.79. The van der Waals surface area contributed by atoms with Crippen molar-refractivity contribution < 1.29 is 19.5 Å². The summed E-state index contributed by atoms with van der Waals surface area (Å²) in [6.45, 7) is 0.638. The molecule has 1 aliphatic carbocycles. The zero-order valence-electron chi connectivity index (χ0n) is 11.6. The average molecular weight is 282 g/mol. The standard InChI is InChI=1S/C14H22N2O4/c17-11-4-2-1-3-10(11)9-15-12(18)7-8-16-13(19)5-6-14(16)20/h10-11,17H,1-9H2,(H,15,18). The van der Waals surface area contributed by atoms with Crippen LogP contribution in [0.2, 0.25) is 0 Å². The van der Waals surface area contributed by atoms with Crippen molar-refractivity contribution in [2.45, 2.75) is 51.0 Å². The molecule has 0 aromatic heterocycles. The van der Waals surface area contributed by atoms with E-state index in [1.54, 1.807) is 0 Å². The van der Waals surface area contributed by atoms with E-state index >= 15 is 0 Å². The zero-order valence-corrected chi connectivity index (χ0v) is 11.6. The normalized spacial score (nSPS) is 26.9. The lowest BCUT2D eigenvalue weighted by Gasteiger charge is -2.27. The molecule has 0 bridgehead atoms. The predicted molar refractivity (Wildman–Crippen MR) is 71.5 cm³/mol. The fraction of sp³-hybridized carbons (Fsp3) is 0.786. The van der Waals surface area contributed by atoms with E-state index in [4.69, 9.17) is 0 Å². The van der Waals surface area contributed by atoms with Gasteiger partial charge in [0.2, 0.25) is 17.7 Å². The number of aliphatic hydroxyl groups excluding tert-OH is 1. The largest absolute Gasteiger partial charge is 0.393 e. The van der Waals surface area contributed by atoms with Crippen LogP contribution in [-0.2, 0) is 14.4 Å². The molecule has 2 aliphatic rings. The van der Waals surface area contributed by atoms with Crippen molar-refractivity contribution in [3.05, 3.63) is 0 Å². The summed E-state index contributed by atoms with van der Waals surface area (Å²) in [4.78, 5) is 35.7. The topological polar surface area (TPSA) is 86.7 Å². The Kier molecular flexibility index (Phi) is 5.11. The van der Waals surface area contributed by atoms with Crippen LogP contribution < -0.4 is 5.32 Å². The van der Waals surface area contributed by atoms with Gasteiger partial charge in [0.15, 0.2) is 0 Å². The third-order valence-corrected chi connectivity index (χ3v) is 4.15. The van der Waals surface area contributed by atoms with Crippen LogP contribution in [0.5, 0.6) is 0 Å². The highest BCUT2D eigenvalue weighted by molar-refractivity contribution is 6.02. The highest BCUT2D eigenvalue weighted by Gasteiger charge is 2.29. The van der Waals surface area contributed by atoms with Crippen LogP contribution in [-0.4, -0.2) is 46.9 Å². The molecule has 2 atom stereocenters. The first-order valence-electron chi connectivity index (χ1n) is 7.36. The second kappa shape index (κ2) is 6.83. The van der Waals surface area contributed by atoms with E-state index in [2.05, 4.69) is 5.32 Å². The molecule has 0 aromatic carbocycles. The number of carbonyl (C=O) groups is 3. The second-order valence-electron chi connectivity index (χ2n) is 5.61. The summed E-state index contributed by atoms with van der Waals surface area (Å²) in [6.07, 6.45) is 4.20. The van der Waals surface area contributed by atoms with E-state index in [0.717, 1.165) is 30.6 Å². The van der Waals surface area contributed by atoms with Crippen molar-refractivity contribution in [1.82, 2.24) is 10.2 Å². The number of hydrogen-bond acceptors (Lipinski definition) is 4. The quantitative estimate of drug-likeness (QED) is 0.705. The minimum absolute atomic E-state index is 0.128. The minimum atomic E-state index is -0.328. The maximum absolute atomic E-state index is 11.7. The first kappa shape index (κ1) is 15.0. The Balaban J connectivity index is 1.67. The lowest BCUT2D eigenvalue weighted by Crippen LogP contribution is -2.38. The Morgan fingerprint density at radius 3 is 2.50 bits per heavy atom. The van der Waals surface area contributed by atoms with Gasteiger partial charge >= 0.3 is 0 Å². The van der Waals surface area contributed by atoms with E-state index in [1.165, 1.54) is 0 Å². The number of nitrogens with zero attached hydrogens (tertiary/aromatic N) is 1. The molecule has 6 nitrogen and oxygen atoms in total. The van der Waals surface area contributed by atoms with Crippen LogP contribution in [0.1, 0.15) is 44.9 Å². The van der Waals surface area contributed by atoms with Gasteiger partial charge in [-0.05, 0) is 12.8 Å².